The van der Waals surface area contributed by atoms with Crippen molar-refractivity contribution in [2.45, 2.75) is 26.0 Å². The molecule has 1 N–H and O–H groups in total. The molecule has 7 nitrogen and oxygen atoms in total. The van der Waals surface area contributed by atoms with E-state index in [0.717, 1.165) is 11.1 Å². The molecular formula is C28H28N2O5. The number of aliphatic hydroxyl groups is 1. The van der Waals surface area contributed by atoms with E-state index in [2.05, 4.69) is 11.1 Å². The number of likely N-dealkylation sites (tertiary alicyclic amines) is 1. The number of ketones is 1. The van der Waals surface area contributed by atoms with Gasteiger partial charge >= 0.3 is 0 Å². The van der Waals surface area contributed by atoms with E-state index >= 15 is 0 Å². The Kier molecular flexibility index (Phi) is 7.57. The molecule has 2 heterocycles. The van der Waals surface area contributed by atoms with Crippen LogP contribution >= 0.6 is 0 Å². The number of aryl methyl sites for hydroxylation is 1. The molecule has 4 rings (SSSR count). The quantitative estimate of drug-likeness (QED) is 0.215. The maximum atomic E-state index is 13.0. The lowest BCUT2D eigenvalue weighted by Crippen LogP contribution is -2.31. The summed E-state index contributed by atoms with van der Waals surface area (Å²) < 4.78 is 11.0. The molecule has 2 aromatic carbocycles. The molecule has 0 radical (unpaired) electrons. The molecule has 180 valence electrons. The molecule has 0 unspecified atom stereocenters. The van der Waals surface area contributed by atoms with Crippen molar-refractivity contribution in [2.24, 2.45) is 0 Å². The summed E-state index contributed by atoms with van der Waals surface area (Å²) in [4.78, 5) is 31.4. The summed E-state index contributed by atoms with van der Waals surface area (Å²) in [6.45, 7) is 3.23. The van der Waals surface area contributed by atoms with Crippen molar-refractivity contribution in [3.63, 3.8) is 0 Å². The van der Waals surface area contributed by atoms with Crippen molar-refractivity contribution >= 4 is 17.4 Å². The minimum atomic E-state index is -0.707. The van der Waals surface area contributed by atoms with Crippen LogP contribution in [0.3, 0.4) is 0 Å². The summed E-state index contributed by atoms with van der Waals surface area (Å²) in [5.41, 5.74) is 3.42. The largest absolute Gasteiger partial charge is 0.507 e. The fourth-order valence-electron chi connectivity index (χ4n) is 4.22. The van der Waals surface area contributed by atoms with Gasteiger partial charge in [-0.3, -0.25) is 14.6 Å². The summed E-state index contributed by atoms with van der Waals surface area (Å²) in [5.74, 6) is -0.928. The number of aromatic nitrogens is 1. The van der Waals surface area contributed by atoms with E-state index in [9.17, 15) is 14.7 Å². The van der Waals surface area contributed by atoms with Crippen molar-refractivity contribution < 1.29 is 24.2 Å². The summed E-state index contributed by atoms with van der Waals surface area (Å²) in [6.07, 6.45) is 3.77. The predicted octanol–water partition coefficient (Wildman–Crippen LogP) is 4.43. The van der Waals surface area contributed by atoms with E-state index in [4.69, 9.17) is 9.47 Å². The van der Waals surface area contributed by atoms with Crippen LogP contribution in [0.2, 0.25) is 0 Å². The van der Waals surface area contributed by atoms with E-state index in [1.54, 1.807) is 55.9 Å². The molecule has 0 saturated carbocycles. The third-order valence-corrected chi connectivity index (χ3v) is 5.93. The Morgan fingerprint density at radius 2 is 1.80 bits per heavy atom. The molecule has 0 aliphatic carbocycles. The number of nitrogens with zero attached hydrogens (tertiary/aromatic N) is 2. The van der Waals surface area contributed by atoms with Crippen molar-refractivity contribution in [3.05, 3.63) is 101 Å². The molecule has 1 aliphatic heterocycles. The average Bonchev–Trinajstić information content (AvgIpc) is 3.13. The lowest BCUT2D eigenvalue weighted by Gasteiger charge is -2.25. The number of aliphatic hydroxyl groups excluding tert-OH is 1. The Morgan fingerprint density at radius 1 is 1.06 bits per heavy atom. The van der Waals surface area contributed by atoms with Crippen molar-refractivity contribution in [2.75, 3.05) is 20.3 Å². The van der Waals surface area contributed by atoms with Gasteiger partial charge in [-0.2, -0.15) is 0 Å². The fourth-order valence-corrected chi connectivity index (χ4v) is 4.22. The van der Waals surface area contributed by atoms with Crippen molar-refractivity contribution in [3.8, 4) is 5.75 Å². The first-order valence-electron chi connectivity index (χ1n) is 11.5. The molecule has 1 atom stereocenters. The second kappa shape index (κ2) is 11.0. The average molecular weight is 473 g/mol. The van der Waals surface area contributed by atoms with Crippen LogP contribution in [0, 0.1) is 6.92 Å². The third-order valence-electron chi connectivity index (χ3n) is 5.93. The Hall–Kier alpha value is -3.97. The fraction of sp³-hybridized carbons (Fsp3) is 0.250. The molecule has 7 heteroatoms. The first-order valence-corrected chi connectivity index (χ1v) is 11.5. The van der Waals surface area contributed by atoms with Gasteiger partial charge in [0.2, 0.25) is 0 Å². The van der Waals surface area contributed by atoms with Gasteiger partial charge in [-0.05, 0) is 60.9 Å². The highest BCUT2D eigenvalue weighted by molar-refractivity contribution is 6.46. The molecule has 1 aliphatic rings. The monoisotopic (exact) mass is 472 g/mol. The Balaban J connectivity index is 1.61. The van der Waals surface area contributed by atoms with Crippen LogP contribution in [0.4, 0.5) is 0 Å². The Morgan fingerprint density at radius 3 is 2.49 bits per heavy atom. The van der Waals surface area contributed by atoms with Gasteiger partial charge in [0.05, 0.1) is 11.6 Å². The lowest BCUT2D eigenvalue weighted by molar-refractivity contribution is -0.140. The number of Topliss-reactive ketones (excluding diaryl/α,β-unsaturated/α-hetero) is 1. The van der Waals surface area contributed by atoms with Crippen LogP contribution in [-0.2, 0) is 20.9 Å². The number of methoxy groups -OCH3 is 1. The second-order valence-corrected chi connectivity index (χ2v) is 8.42. The number of hydrogen-bond donors (Lipinski definition) is 1. The molecule has 1 aromatic heterocycles. The van der Waals surface area contributed by atoms with E-state index in [0.29, 0.717) is 43.1 Å². The SMILES string of the molecule is COCCCN1C(=O)C(=O)/C(=C(/O)c2ccc(OCc3cccc(C)c3)cc2)[C@H]1c1ccncc1. The summed E-state index contributed by atoms with van der Waals surface area (Å²) >= 11 is 0. The highest BCUT2D eigenvalue weighted by Crippen LogP contribution is 2.39. The molecule has 3 aromatic rings. The van der Waals surface area contributed by atoms with Gasteiger partial charge in [-0.15, -0.1) is 0 Å². The van der Waals surface area contributed by atoms with Gasteiger partial charge in [0, 0.05) is 38.2 Å². The van der Waals surface area contributed by atoms with Crippen LogP contribution in [0.1, 0.15) is 34.7 Å². The number of benzene rings is 2. The smallest absolute Gasteiger partial charge is 0.295 e. The number of rotatable bonds is 9. The van der Waals surface area contributed by atoms with Gasteiger partial charge in [-0.25, -0.2) is 0 Å². The first kappa shape index (κ1) is 24.2. The van der Waals surface area contributed by atoms with Crippen LogP contribution in [0.15, 0.2) is 78.6 Å². The van der Waals surface area contributed by atoms with Crippen LogP contribution in [0.5, 0.6) is 5.75 Å². The molecule has 1 saturated heterocycles. The summed E-state index contributed by atoms with van der Waals surface area (Å²) in [7, 11) is 1.59. The van der Waals surface area contributed by atoms with Gasteiger partial charge < -0.3 is 19.5 Å². The maximum Gasteiger partial charge on any atom is 0.295 e. The minimum absolute atomic E-state index is 0.0621. The number of amides is 1. The molecule has 35 heavy (non-hydrogen) atoms. The number of pyridine rings is 1. The van der Waals surface area contributed by atoms with Crippen molar-refractivity contribution in [1.82, 2.24) is 9.88 Å². The summed E-state index contributed by atoms with van der Waals surface area (Å²) in [6, 6.07) is 17.7. The number of carbonyl (C=O) groups excluding carboxylic acids is 2. The zero-order valence-corrected chi connectivity index (χ0v) is 19.8. The topological polar surface area (TPSA) is 89.0 Å². The van der Waals surface area contributed by atoms with Gasteiger partial charge in [0.25, 0.3) is 11.7 Å². The Bertz CT molecular complexity index is 1220. The molecular weight excluding hydrogens is 444 g/mol. The number of ether oxygens (including phenoxy) is 2. The summed E-state index contributed by atoms with van der Waals surface area (Å²) in [5, 5.41) is 11.2. The van der Waals surface area contributed by atoms with E-state index in [-0.39, 0.29) is 11.3 Å². The molecule has 0 bridgehead atoms. The Labute approximate surface area is 204 Å². The highest BCUT2D eigenvalue weighted by atomic mass is 16.5. The van der Waals surface area contributed by atoms with Crippen LogP contribution in [-0.4, -0.2) is 46.9 Å². The lowest BCUT2D eigenvalue weighted by atomic mass is 9.96. The maximum absolute atomic E-state index is 13.0. The highest BCUT2D eigenvalue weighted by Gasteiger charge is 2.45. The molecule has 1 amide bonds. The standard InChI is InChI=1S/C28H28N2O5/c1-19-5-3-6-20(17-19)18-35-23-9-7-22(8-10-23)26(31)24-25(21-11-13-29-14-12-21)30(15-4-16-34-2)28(33)27(24)32/h3,5-14,17,25,31H,4,15-16,18H2,1-2H3/b26-24+/t25-/m1/s1. The van der Waals surface area contributed by atoms with E-state index < -0.39 is 17.7 Å². The third kappa shape index (κ3) is 5.41. The first-order chi connectivity index (χ1) is 17.0. The number of hydrogen-bond acceptors (Lipinski definition) is 6. The van der Waals surface area contributed by atoms with E-state index in [1.165, 1.54) is 4.90 Å². The normalized spacial score (nSPS) is 17.1. The molecule has 1 fully saturated rings. The van der Waals surface area contributed by atoms with Crippen LogP contribution in [0.25, 0.3) is 5.76 Å². The van der Waals surface area contributed by atoms with Gasteiger partial charge in [0.1, 0.15) is 18.1 Å². The molecule has 0 spiro atoms. The van der Waals surface area contributed by atoms with E-state index in [1.807, 2.05) is 25.1 Å². The van der Waals surface area contributed by atoms with Gasteiger partial charge in [0.15, 0.2) is 0 Å². The minimum Gasteiger partial charge on any atom is -0.507 e. The zero-order valence-electron chi connectivity index (χ0n) is 19.8. The van der Waals surface area contributed by atoms with Crippen molar-refractivity contribution in [1.29, 1.82) is 0 Å². The van der Waals surface area contributed by atoms with Crippen LogP contribution < -0.4 is 4.74 Å². The second-order valence-electron chi connectivity index (χ2n) is 8.42. The number of carbonyl (C=O) groups is 2. The predicted molar refractivity (Wildman–Crippen MR) is 132 cm³/mol. The zero-order chi connectivity index (χ0) is 24.8. The van der Waals surface area contributed by atoms with Gasteiger partial charge in [-0.1, -0.05) is 29.8 Å².